The molecule has 2 aromatic rings. The summed E-state index contributed by atoms with van der Waals surface area (Å²) in [6.45, 7) is 9.69. The van der Waals surface area contributed by atoms with E-state index in [4.69, 9.17) is 28.4 Å². The van der Waals surface area contributed by atoms with Gasteiger partial charge in [-0.15, -0.1) is 0 Å². The maximum absolute atomic E-state index is 15.2. The molecule has 2 bridgehead atoms. The highest BCUT2D eigenvalue weighted by atomic mass is 16.7. The number of fused-ring (bicyclic) bond motifs is 5. The van der Waals surface area contributed by atoms with E-state index < -0.39 is 94.7 Å². The van der Waals surface area contributed by atoms with Crippen LogP contribution < -0.4 is 0 Å². The van der Waals surface area contributed by atoms with Crippen molar-refractivity contribution in [1.82, 2.24) is 0 Å². The topological polar surface area (TPSA) is 181 Å². The zero-order valence-electron chi connectivity index (χ0n) is 32.0. The fourth-order valence-corrected chi connectivity index (χ4v) is 9.12. The second-order valence-electron chi connectivity index (χ2n) is 15.8. The smallest absolute Gasteiger partial charge is 0.455 e. The Morgan fingerprint density at radius 2 is 1.62 bits per heavy atom. The van der Waals surface area contributed by atoms with Crippen molar-refractivity contribution in [2.75, 3.05) is 13.2 Å². The largest absolute Gasteiger partial charge is 0.509 e. The van der Waals surface area contributed by atoms with Crippen LogP contribution in [0.4, 0.5) is 4.79 Å². The Bertz CT molecular complexity index is 1820. The van der Waals surface area contributed by atoms with Gasteiger partial charge in [0.05, 0.1) is 36.4 Å². The van der Waals surface area contributed by atoms with Crippen molar-refractivity contribution in [1.29, 1.82) is 0 Å². The SMILES string of the molecule is CCCOC(=O)O[C@H](Cc1ccccc1)C(=O)O[C@H]1CC2(O)C(OC(=O)c3ccccc3)C3C4COC4CC(O)C3(C)C(=O)C(OC(C)=O)C(=C1C)C2(C)C. The number of Topliss-reactive ketones (excluding diaryl/α,β-unsaturated/α-hetero) is 1. The molecule has 0 spiro atoms. The Balaban J connectivity index is 1.49. The van der Waals surface area contributed by atoms with E-state index in [9.17, 15) is 29.4 Å². The fourth-order valence-electron chi connectivity index (χ4n) is 9.12. The first-order valence-electron chi connectivity index (χ1n) is 18.8. The fraction of sp³-hybridized carbons (Fsp3) is 0.548. The number of hydrogen-bond acceptors (Lipinski definition) is 13. The van der Waals surface area contributed by atoms with Crippen molar-refractivity contribution in [3.05, 3.63) is 82.9 Å². The highest BCUT2D eigenvalue weighted by Gasteiger charge is 2.72. The monoisotopic (exact) mass is 762 g/mol. The molecule has 1 heterocycles. The Morgan fingerprint density at radius 3 is 2.22 bits per heavy atom. The molecular formula is C42H50O13. The molecule has 2 N–H and O–H groups in total. The summed E-state index contributed by atoms with van der Waals surface area (Å²) in [5.41, 5.74) is -3.98. The van der Waals surface area contributed by atoms with Crippen molar-refractivity contribution >= 4 is 29.8 Å². The second kappa shape index (κ2) is 15.5. The first-order chi connectivity index (χ1) is 26.0. The van der Waals surface area contributed by atoms with Gasteiger partial charge < -0.3 is 38.6 Å². The van der Waals surface area contributed by atoms with Crippen LogP contribution in [0.1, 0.15) is 76.7 Å². The zero-order valence-corrected chi connectivity index (χ0v) is 32.0. The van der Waals surface area contributed by atoms with Crippen LogP contribution in [0.3, 0.4) is 0 Å². The van der Waals surface area contributed by atoms with Gasteiger partial charge >= 0.3 is 24.1 Å². The zero-order chi connectivity index (χ0) is 39.9. The minimum Gasteiger partial charge on any atom is -0.455 e. The number of rotatable bonds is 10. The van der Waals surface area contributed by atoms with Crippen LogP contribution in [0.25, 0.3) is 0 Å². The molecule has 0 radical (unpaired) electrons. The number of carbonyl (C=O) groups is 5. The maximum atomic E-state index is 15.2. The normalized spacial score (nSPS) is 32.6. The van der Waals surface area contributed by atoms with Crippen LogP contribution in [0.15, 0.2) is 71.8 Å². The van der Waals surface area contributed by atoms with Crippen molar-refractivity contribution in [3.63, 3.8) is 0 Å². The number of benzene rings is 2. The molecule has 4 aliphatic rings. The Labute approximate surface area is 320 Å². The molecule has 296 valence electrons. The lowest BCUT2D eigenvalue weighted by Gasteiger charge is -2.64. The Hall–Kier alpha value is -4.59. The quantitative estimate of drug-likeness (QED) is 0.194. The molecule has 8 unspecified atom stereocenters. The molecule has 2 aromatic carbocycles. The Morgan fingerprint density at radius 1 is 0.964 bits per heavy atom. The van der Waals surface area contributed by atoms with Crippen LogP contribution in [0.2, 0.25) is 0 Å². The number of ketones is 1. The predicted molar refractivity (Wildman–Crippen MR) is 194 cm³/mol. The molecule has 1 aliphatic heterocycles. The molecule has 3 fully saturated rings. The molecule has 13 heteroatoms. The maximum Gasteiger partial charge on any atom is 0.509 e. The van der Waals surface area contributed by atoms with Crippen molar-refractivity contribution < 1.29 is 62.6 Å². The molecule has 2 saturated carbocycles. The van der Waals surface area contributed by atoms with Gasteiger partial charge in [-0.3, -0.25) is 9.59 Å². The number of aliphatic hydroxyl groups excluding tert-OH is 1. The van der Waals surface area contributed by atoms with E-state index >= 15 is 4.79 Å². The lowest BCUT2D eigenvalue weighted by atomic mass is 9.46. The van der Waals surface area contributed by atoms with E-state index in [-0.39, 0.29) is 43.6 Å². The van der Waals surface area contributed by atoms with Gasteiger partial charge in [-0.25, -0.2) is 14.4 Å². The summed E-state index contributed by atoms with van der Waals surface area (Å²) in [6.07, 6.45) is -8.53. The highest BCUT2D eigenvalue weighted by Crippen LogP contribution is 2.62. The third kappa shape index (κ3) is 7.18. The van der Waals surface area contributed by atoms with Gasteiger partial charge in [-0.05, 0) is 49.1 Å². The molecule has 1 saturated heterocycles. The molecule has 0 amide bonds. The molecule has 3 aliphatic carbocycles. The molecular weight excluding hydrogens is 712 g/mol. The van der Waals surface area contributed by atoms with Gasteiger partial charge in [0.2, 0.25) is 6.10 Å². The lowest BCUT2D eigenvalue weighted by Crippen LogP contribution is -2.75. The third-order valence-corrected chi connectivity index (χ3v) is 12.2. The van der Waals surface area contributed by atoms with Crippen LogP contribution in [0, 0.1) is 22.7 Å². The summed E-state index contributed by atoms with van der Waals surface area (Å²) in [5, 5.41) is 25.2. The molecule has 6 rings (SSSR count). The molecule has 0 aromatic heterocycles. The first kappa shape index (κ1) is 40.1. The highest BCUT2D eigenvalue weighted by molar-refractivity contribution is 5.95. The summed E-state index contributed by atoms with van der Waals surface area (Å²) in [7, 11) is 0. The van der Waals surface area contributed by atoms with E-state index in [1.54, 1.807) is 88.4 Å². The number of aliphatic hydroxyl groups is 2. The molecule has 55 heavy (non-hydrogen) atoms. The van der Waals surface area contributed by atoms with Gasteiger partial charge in [0.15, 0.2) is 11.9 Å². The van der Waals surface area contributed by atoms with Crippen molar-refractivity contribution in [2.24, 2.45) is 22.7 Å². The number of hydrogen-bond donors (Lipinski definition) is 2. The Kier molecular flexibility index (Phi) is 11.3. The van der Waals surface area contributed by atoms with E-state index in [1.807, 2.05) is 6.92 Å². The predicted octanol–water partition coefficient (Wildman–Crippen LogP) is 4.69. The summed E-state index contributed by atoms with van der Waals surface area (Å²) in [4.78, 5) is 68.8. The van der Waals surface area contributed by atoms with Crippen LogP contribution in [0.5, 0.6) is 0 Å². The molecule has 13 nitrogen and oxygen atoms in total. The van der Waals surface area contributed by atoms with Crippen molar-refractivity contribution in [2.45, 2.75) is 109 Å². The third-order valence-electron chi connectivity index (χ3n) is 12.2. The molecule has 10 atom stereocenters. The first-order valence-corrected chi connectivity index (χ1v) is 18.8. The average molecular weight is 763 g/mol. The van der Waals surface area contributed by atoms with E-state index in [0.717, 1.165) is 6.92 Å². The van der Waals surface area contributed by atoms with E-state index in [1.165, 1.54) is 0 Å². The van der Waals surface area contributed by atoms with Gasteiger partial charge in [0.1, 0.15) is 17.8 Å². The summed E-state index contributed by atoms with van der Waals surface area (Å²) in [5.74, 6) is -4.65. The average Bonchev–Trinajstić information content (AvgIpc) is 3.14. The van der Waals surface area contributed by atoms with Crippen molar-refractivity contribution in [3.8, 4) is 0 Å². The van der Waals surface area contributed by atoms with Gasteiger partial charge in [-0.2, -0.15) is 0 Å². The second-order valence-corrected chi connectivity index (χ2v) is 15.8. The minimum atomic E-state index is -2.12. The standard InChI is InChI=1S/C42H50O13/c1-7-18-50-39(48)54-29(19-25-14-10-8-11-15-25)38(47)53-30-21-42(49)36(55-37(46)26-16-12-9-13-17-26)33-27-22-51-28(27)20-31(44)41(33,6)35(45)34(52-24(3)43)32(23(30)2)40(42,4)5/h8-17,27-31,33-34,36,44,49H,7,18-22H2,1-6H3/t27?,28?,29-,30+,31?,33?,34?,36?,41?,42?/m1/s1. The van der Waals surface area contributed by atoms with Gasteiger partial charge in [0, 0.05) is 43.4 Å². The van der Waals surface area contributed by atoms with Crippen LogP contribution in [-0.2, 0) is 49.2 Å². The van der Waals surface area contributed by atoms with Crippen LogP contribution in [-0.4, -0.2) is 95.5 Å². The number of carbonyl (C=O) groups excluding carboxylic acids is 5. The van der Waals surface area contributed by atoms with Crippen LogP contribution >= 0.6 is 0 Å². The number of esters is 3. The van der Waals surface area contributed by atoms with E-state index in [0.29, 0.717) is 17.6 Å². The lowest BCUT2D eigenvalue weighted by molar-refractivity contribution is -0.277. The minimum absolute atomic E-state index is 0.0632. The number of ether oxygens (including phenoxy) is 6. The summed E-state index contributed by atoms with van der Waals surface area (Å²) >= 11 is 0. The summed E-state index contributed by atoms with van der Waals surface area (Å²) in [6, 6.07) is 17.0. The van der Waals surface area contributed by atoms with Gasteiger partial charge in [-0.1, -0.05) is 69.3 Å². The summed E-state index contributed by atoms with van der Waals surface area (Å²) < 4.78 is 34.8. The van der Waals surface area contributed by atoms with Gasteiger partial charge in [0.25, 0.3) is 0 Å². The van der Waals surface area contributed by atoms with E-state index in [2.05, 4.69) is 0 Å².